The van der Waals surface area contributed by atoms with E-state index in [4.69, 9.17) is 10.5 Å². The second-order valence-electron chi connectivity index (χ2n) is 7.18. The molecule has 1 aliphatic rings. The largest absolute Gasteiger partial charge is 0.399 e. The summed E-state index contributed by atoms with van der Waals surface area (Å²) in [5.41, 5.74) is 7.81. The van der Waals surface area contributed by atoms with Gasteiger partial charge in [0.15, 0.2) is 0 Å². The fourth-order valence-electron chi connectivity index (χ4n) is 3.29. The molecule has 0 amide bonds. The van der Waals surface area contributed by atoms with Crippen LogP contribution in [0.2, 0.25) is 0 Å². The van der Waals surface area contributed by atoms with E-state index in [-0.39, 0.29) is 11.2 Å². The van der Waals surface area contributed by atoms with Crippen molar-refractivity contribution in [2.75, 3.05) is 25.4 Å². The Kier molecular flexibility index (Phi) is 4.40. The Labute approximate surface area is 123 Å². The number of hydrogen-bond acceptors (Lipinski definition) is 3. The molecule has 1 aliphatic heterocycles. The first-order chi connectivity index (χ1) is 9.26. The van der Waals surface area contributed by atoms with Crippen LogP contribution in [0.25, 0.3) is 0 Å². The summed E-state index contributed by atoms with van der Waals surface area (Å²) in [5, 5.41) is 0. The quantitative estimate of drug-likeness (QED) is 0.859. The summed E-state index contributed by atoms with van der Waals surface area (Å²) in [4.78, 5) is 2.53. The van der Waals surface area contributed by atoms with Crippen molar-refractivity contribution >= 4 is 5.69 Å². The van der Waals surface area contributed by atoms with Gasteiger partial charge in [-0.25, -0.2) is 0 Å². The molecular formula is C17H28N2O. The molecule has 0 radical (unpaired) electrons. The van der Waals surface area contributed by atoms with Crippen molar-refractivity contribution in [3.63, 3.8) is 0 Å². The monoisotopic (exact) mass is 276 g/mol. The van der Waals surface area contributed by atoms with Gasteiger partial charge in [0.25, 0.3) is 0 Å². The van der Waals surface area contributed by atoms with Crippen LogP contribution in [0.5, 0.6) is 0 Å². The van der Waals surface area contributed by atoms with Crippen LogP contribution < -0.4 is 5.73 Å². The highest BCUT2D eigenvalue weighted by atomic mass is 16.5. The number of rotatable bonds is 4. The van der Waals surface area contributed by atoms with E-state index in [1.165, 1.54) is 12.0 Å². The van der Waals surface area contributed by atoms with E-state index >= 15 is 0 Å². The zero-order valence-electron chi connectivity index (χ0n) is 13.3. The second kappa shape index (κ2) is 5.74. The van der Waals surface area contributed by atoms with Crippen molar-refractivity contribution in [1.82, 2.24) is 4.90 Å². The molecule has 1 fully saturated rings. The predicted molar refractivity (Wildman–Crippen MR) is 84.9 cm³/mol. The number of nitrogens with two attached hydrogens (primary N) is 1. The summed E-state index contributed by atoms with van der Waals surface area (Å²) in [6.07, 6.45) is 2.29. The van der Waals surface area contributed by atoms with E-state index in [0.29, 0.717) is 0 Å². The molecule has 0 spiro atoms. The molecule has 2 rings (SSSR count). The van der Waals surface area contributed by atoms with Gasteiger partial charge in [-0.05, 0) is 64.8 Å². The lowest BCUT2D eigenvalue weighted by molar-refractivity contribution is -0.180. The van der Waals surface area contributed by atoms with E-state index in [0.717, 1.165) is 31.7 Å². The van der Waals surface area contributed by atoms with Gasteiger partial charge in [-0.3, -0.25) is 4.90 Å². The van der Waals surface area contributed by atoms with Gasteiger partial charge in [-0.2, -0.15) is 0 Å². The summed E-state index contributed by atoms with van der Waals surface area (Å²) in [7, 11) is 0. The van der Waals surface area contributed by atoms with Gasteiger partial charge >= 0.3 is 0 Å². The Bertz CT molecular complexity index is 421. The molecule has 1 heterocycles. The molecule has 3 heteroatoms. The van der Waals surface area contributed by atoms with Gasteiger partial charge in [0.2, 0.25) is 0 Å². The highest BCUT2D eigenvalue weighted by Gasteiger charge is 2.37. The SMILES string of the molecule is CC1(C)CN(CCCc2ccc(N)cc2)CC(C)(C)O1. The number of ether oxygens (including phenoxy) is 1. The molecular weight excluding hydrogens is 248 g/mol. The second-order valence-corrected chi connectivity index (χ2v) is 7.18. The molecule has 0 aliphatic carbocycles. The average Bonchev–Trinajstić information content (AvgIpc) is 2.27. The van der Waals surface area contributed by atoms with Gasteiger partial charge in [-0.15, -0.1) is 0 Å². The van der Waals surface area contributed by atoms with Gasteiger partial charge in [-0.1, -0.05) is 12.1 Å². The van der Waals surface area contributed by atoms with Crippen LogP contribution in [0.1, 0.15) is 39.7 Å². The topological polar surface area (TPSA) is 38.5 Å². The van der Waals surface area contributed by atoms with Crippen molar-refractivity contribution in [2.45, 2.75) is 51.7 Å². The van der Waals surface area contributed by atoms with E-state index in [1.807, 2.05) is 12.1 Å². The van der Waals surface area contributed by atoms with Crippen molar-refractivity contribution < 1.29 is 4.74 Å². The maximum absolute atomic E-state index is 6.11. The normalized spacial score (nSPS) is 21.8. The summed E-state index contributed by atoms with van der Waals surface area (Å²) in [6.45, 7) is 11.9. The first-order valence-electron chi connectivity index (χ1n) is 7.53. The van der Waals surface area contributed by atoms with Crippen LogP contribution in [-0.2, 0) is 11.2 Å². The molecule has 1 saturated heterocycles. The highest BCUT2D eigenvalue weighted by molar-refractivity contribution is 5.39. The average molecular weight is 276 g/mol. The minimum Gasteiger partial charge on any atom is -0.399 e. The molecule has 0 aromatic heterocycles. The van der Waals surface area contributed by atoms with Crippen molar-refractivity contribution in [3.05, 3.63) is 29.8 Å². The van der Waals surface area contributed by atoms with Crippen LogP contribution in [0, 0.1) is 0 Å². The van der Waals surface area contributed by atoms with E-state index in [2.05, 4.69) is 44.7 Å². The van der Waals surface area contributed by atoms with Crippen LogP contribution >= 0.6 is 0 Å². The molecule has 1 aromatic carbocycles. The Morgan fingerprint density at radius 2 is 1.60 bits per heavy atom. The number of hydrogen-bond donors (Lipinski definition) is 1. The van der Waals surface area contributed by atoms with Crippen molar-refractivity contribution in [1.29, 1.82) is 0 Å². The van der Waals surface area contributed by atoms with Crippen LogP contribution in [-0.4, -0.2) is 35.7 Å². The number of morpholine rings is 1. The molecule has 112 valence electrons. The molecule has 3 nitrogen and oxygen atoms in total. The van der Waals surface area contributed by atoms with Gasteiger partial charge in [0.1, 0.15) is 0 Å². The van der Waals surface area contributed by atoms with Crippen molar-refractivity contribution in [2.24, 2.45) is 0 Å². The summed E-state index contributed by atoms with van der Waals surface area (Å²) in [5.74, 6) is 0. The zero-order valence-corrected chi connectivity index (χ0v) is 13.3. The molecule has 20 heavy (non-hydrogen) atoms. The number of nitrogens with zero attached hydrogens (tertiary/aromatic N) is 1. The zero-order chi connectivity index (χ0) is 14.8. The third kappa shape index (κ3) is 4.50. The summed E-state index contributed by atoms with van der Waals surface area (Å²) in [6, 6.07) is 8.22. The minimum atomic E-state index is -0.0526. The lowest BCUT2D eigenvalue weighted by Crippen LogP contribution is -2.57. The molecule has 0 atom stereocenters. The van der Waals surface area contributed by atoms with Crippen LogP contribution in [0.3, 0.4) is 0 Å². The third-order valence-electron chi connectivity index (χ3n) is 3.68. The fourth-order valence-corrected chi connectivity index (χ4v) is 3.29. The lowest BCUT2D eigenvalue weighted by atomic mass is 9.98. The maximum Gasteiger partial charge on any atom is 0.0760 e. The van der Waals surface area contributed by atoms with E-state index in [1.54, 1.807) is 0 Å². The summed E-state index contributed by atoms with van der Waals surface area (Å²) >= 11 is 0. The van der Waals surface area contributed by atoms with Crippen LogP contribution in [0.4, 0.5) is 5.69 Å². The Morgan fingerprint density at radius 3 is 2.15 bits per heavy atom. The maximum atomic E-state index is 6.11. The number of anilines is 1. The van der Waals surface area contributed by atoms with Crippen molar-refractivity contribution in [3.8, 4) is 0 Å². The number of nitrogen functional groups attached to an aromatic ring is 1. The first-order valence-corrected chi connectivity index (χ1v) is 7.53. The van der Waals surface area contributed by atoms with Gasteiger partial charge in [0.05, 0.1) is 11.2 Å². The Morgan fingerprint density at radius 1 is 1.05 bits per heavy atom. The minimum absolute atomic E-state index is 0.0526. The molecule has 0 saturated carbocycles. The smallest absolute Gasteiger partial charge is 0.0760 e. The van der Waals surface area contributed by atoms with Gasteiger partial charge < -0.3 is 10.5 Å². The Hall–Kier alpha value is -1.06. The van der Waals surface area contributed by atoms with Crippen LogP contribution in [0.15, 0.2) is 24.3 Å². The molecule has 0 unspecified atom stereocenters. The standard InChI is InChI=1S/C17H28N2O/c1-16(2)12-19(13-17(3,4)20-16)11-5-6-14-7-9-15(18)10-8-14/h7-10H,5-6,11-13,18H2,1-4H3. The highest BCUT2D eigenvalue weighted by Crippen LogP contribution is 2.28. The predicted octanol–water partition coefficient (Wildman–Crippen LogP) is 3.09. The first kappa shape index (κ1) is 15.3. The summed E-state index contributed by atoms with van der Waals surface area (Å²) < 4.78 is 6.11. The lowest BCUT2D eigenvalue weighted by Gasteiger charge is -2.47. The Balaban J connectivity index is 1.83. The number of benzene rings is 1. The molecule has 0 bridgehead atoms. The molecule has 1 aromatic rings. The van der Waals surface area contributed by atoms with Gasteiger partial charge in [0, 0.05) is 18.8 Å². The van der Waals surface area contributed by atoms with E-state index in [9.17, 15) is 0 Å². The third-order valence-corrected chi connectivity index (χ3v) is 3.68. The van der Waals surface area contributed by atoms with E-state index < -0.39 is 0 Å². The molecule has 2 N–H and O–H groups in total. The fraction of sp³-hybridized carbons (Fsp3) is 0.647. The number of aryl methyl sites for hydroxylation is 1.